The van der Waals surface area contributed by atoms with E-state index in [1.165, 1.54) is 32.3 Å². The lowest BCUT2D eigenvalue weighted by atomic mass is 10.0. The van der Waals surface area contributed by atoms with Gasteiger partial charge in [-0.15, -0.1) is 0 Å². The first-order valence-electron chi connectivity index (χ1n) is 9.69. The van der Waals surface area contributed by atoms with Crippen molar-refractivity contribution in [2.24, 2.45) is 0 Å². The van der Waals surface area contributed by atoms with Gasteiger partial charge < -0.3 is 19.9 Å². The molecule has 1 amide bonds. The third kappa shape index (κ3) is 5.73. The summed E-state index contributed by atoms with van der Waals surface area (Å²) in [5.41, 5.74) is 3.11. The van der Waals surface area contributed by atoms with E-state index in [9.17, 15) is 14.7 Å². The van der Waals surface area contributed by atoms with E-state index < -0.39 is 18.0 Å². The van der Waals surface area contributed by atoms with Crippen LogP contribution < -0.4 is 10.1 Å². The van der Waals surface area contributed by atoms with Crippen molar-refractivity contribution in [1.82, 2.24) is 0 Å². The highest BCUT2D eigenvalue weighted by Crippen LogP contribution is 2.28. The van der Waals surface area contributed by atoms with E-state index in [1.54, 1.807) is 18.2 Å². The number of carbonyl (C=O) groups excluding carboxylic acids is 2. The number of carbonyl (C=O) groups is 2. The molecule has 0 spiro atoms. The van der Waals surface area contributed by atoms with Crippen LogP contribution in [0.15, 0.2) is 78.9 Å². The number of nitrogens with one attached hydrogen (secondary N) is 1. The first-order valence-corrected chi connectivity index (χ1v) is 9.69. The van der Waals surface area contributed by atoms with Crippen LogP contribution in [0.25, 0.3) is 17.2 Å². The Hall–Kier alpha value is -4.06. The number of ether oxygens (including phenoxy) is 2. The first-order chi connectivity index (χ1) is 15.0. The van der Waals surface area contributed by atoms with Crippen molar-refractivity contribution in [1.29, 1.82) is 0 Å². The van der Waals surface area contributed by atoms with E-state index in [0.717, 1.165) is 11.1 Å². The molecular formula is C25H23NO5. The number of para-hydroxylation sites is 1. The molecule has 3 rings (SSSR count). The summed E-state index contributed by atoms with van der Waals surface area (Å²) in [4.78, 5) is 24.7. The number of anilines is 1. The molecule has 0 aliphatic carbocycles. The van der Waals surface area contributed by atoms with Crippen molar-refractivity contribution in [2.75, 3.05) is 12.4 Å². The molecule has 0 bridgehead atoms. The zero-order valence-corrected chi connectivity index (χ0v) is 17.2. The van der Waals surface area contributed by atoms with Crippen molar-refractivity contribution in [3.63, 3.8) is 0 Å². The number of hydrogen-bond donors (Lipinski definition) is 2. The summed E-state index contributed by atoms with van der Waals surface area (Å²) >= 11 is 0. The summed E-state index contributed by atoms with van der Waals surface area (Å²) in [7, 11) is 1.44. The maximum Gasteiger partial charge on any atom is 0.331 e. The zero-order chi connectivity index (χ0) is 22.2. The van der Waals surface area contributed by atoms with Crippen LogP contribution in [0, 0.1) is 0 Å². The van der Waals surface area contributed by atoms with Crippen molar-refractivity contribution < 1.29 is 24.2 Å². The normalized spacial score (nSPS) is 11.7. The van der Waals surface area contributed by atoms with Crippen molar-refractivity contribution in [2.45, 2.75) is 13.0 Å². The van der Waals surface area contributed by atoms with Crippen LogP contribution in [-0.4, -0.2) is 30.2 Å². The highest BCUT2D eigenvalue weighted by Gasteiger charge is 2.18. The van der Waals surface area contributed by atoms with Crippen LogP contribution in [-0.2, 0) is 14.3 Å². The molecular weight excluding hydrogens is 394 g/mol. The van der Waals surface area contributed by atoms with Gasteiger partial charge in [0.05, 0.1) is 7.11 Å². The Balaban J connectivity index is 1.63. The van der Waals surface area contributed by atoms with Gasteiger partial charge in [-0.3, -0.25) is 4.79 Å². The molecule has 3 aromatic rings. The molecule has 1 atom stereocenters. The smallest absolute Gasteiger partial charge is 0.331 e. The molecule has 0 aliphatic rings. The van der Waals surface area contributed by atoms with Crippen molar-refractivity contribution >= 4 is 23.6 Å². The predicted molar refractivity (Wildman–Crippen MR) is 120 cm³/mol. The molecule has 2 N–H and O–H groups in total. The van der Waals surface area contributed by atoms with Crippen LogP contribution in [0.4, 0.5) is 5.69 Å². The van der Waals surface area contributed by atoms with Crippen molar-refractivity contribution in [3.8, 4) is 22.6 Å². The van der Waals surface area contributed by atoms with Crippen molar-refractivity contribution in [3.05, 3.63) is 84.4 Å². The van der Waals surface area contributed by atoms with Gasteiger partial charge >= 0.3 is 5.97 Å². The van der Waals surface area contributed by atoms with Crippen LogP contribution in [0.1, 0.15) is 12.5 Å². The maximum absolute atomic E-state index is 12.6. The fraction of sp³-hybridized carbons (Fsp3) is 0.120. The first kappa shape index (κ1) is 21.6. The Morgan fingerprint density at radius 2 is 1.71 bits per heavy atom. The summed E-state index contributed by atoms with van der Waals surface area (Å²) in [6.45, 7) is 1.51. The maximum atomic E-state index is 12.6. The van der Waals surface area contributed by atoms with Crippen LogP contribution in [0.5, 0.6) is 11.5 Å². The molecule has 6 nitrogen and oxygen atoms in total. The lowest BCUT2D eigenvalue weighted by molar-refractivity contribution is -0.148. The SMILES string of the molecule is COc1cc(/C=C/C(=O)O[C@H](C)C(=O)Nc2ccccc2-c2ccccc2)ccc1O. The minimum Gasteiger partial charge on any atom is -0.504 e. The Morgan fingerprint density at radius 3 is 2.45 bits per heavy atom. The van der Waals surface area contributed by atoms with Gasteiger partial charge in [-0.1, -0.05) is 54.6 Å². The molecule has 0 aliphatic heterocycles. The van der Waals surface area contributed by atoms with Crippen LogP contribution in [0.2, 0.25) is 0 Å². The molecule has 0 saturated heterocycles. The Morgan fingerprint density at radius 1 is 1.00 bits per heavy atom. The van der Waals surface area contributed by atoms with E-state index in [4.69, 9.17) is 9.47 Å². The van der Waals surface area contributed by atoms with E-state index in [-0.39, 0.29) is 5.75 Å². The average molecular weight is 417 g/mol. The quantitative estimate of drug-likeness (QED) is 0.432. The Bertz CT molecular complexity index is 1090. The molecule has 0 fully saturated rings. The summed E-state index contributed by atoms with van der Waals surface area (Å²) in [6.07, 6.45) is 1.74. The molecule has 0 heterocycles. The summed E-state index contributed by atoms with van der Waals surface area (Å²) in [6, 6.07) is 21.8. The topological polar surface area (TPSA) is 84.9 Å². The van der Waals surface area contributed by atoms with Gasteiger partial charge in [0.1, 0.15) is 0 Å². The summed E-state index contributed by atoms with van der Waals surface area (Å²) < 4.78 is 10.2. The van der Waals surface area contributed by atoms with Crippen LogP contribution in [0.3, 0.4) is 0 Å². The zero-order valence-electron chi connectivity index (χ0n) is 17.2. The van der Waals surface area contributed by atoms with Gasteiger partial charge in [0.15, 0.2) is 17.6 Å². The van der Waals surface area contributed by atoms with Gasteiger partial charge in [-0.25, -0.2) is 4.79 Å². The van der Waals surface area contributed by atoms with E-state index >= 15 is 0 Å². The third-order valence-corrected chi connectivity index (χ3v) is 4.55. The lowest BCUT2D eigenvalue weighted by Gasteiger charge is -2.15. The standard InChI is InChI=1S/C25H23NO5/c1-17(31-24(28)15-13-18-12-14-22(27)23(16-18)30-2)25(29)26-21-11-7-6-10-20(21)19-8-4-3-5-9-19/h3-17,27H,1-2H3,(H,26,29)/b15-13+/t17-/m1/s1. The number of aromatic hydroxyl groups is 1. The molecule has 6 heteroatoms. The number of amides is 1. The predicted octanol–water partition coefficient (Wildman–Crippen LogP) is 4.65. The lowest BCUT2D eigenvalue weighted by Crippen LogP contribution is -2.29. The number of hydrogen-bond acceptors (Lipinski definition) is 5. The van der Waals surface area contributed by atoms with Gasteiger partial charge in [-0.05, 0) is 42.3 Å². The number of methoxy groups -OCH3 is 1. The molecule has 0 aromatic heterocycles. The second-order valence-corrected chi connectivity index (χ2v) is 6.74. The van der Waals surface area contributed by atoms with E-state index in [2.05, 4.69) is 5.32 Å². The summed E-state index contributed by atoms with van der Waals surface area (Å²) in [5, 5.41) is 12.4. The van der Waals surface area contributed by atoms with Crippen LogP contribution >= 0.6 is 0 Å². The molecule has 3 aromatic carbocycles. The number of benzene rings is 3. The number of phenolic OH excluding ortho intramolecular Hbond substituents is 1. The van der Waals surface area contributed by atoms with Gasteiger partial charge in [0.25, 0.3) is 5.91 Å². The highest BCUT2D eigenvalue weighted by atomic mass is 16.5. The van der Waals surface area contributed by atoms with Gasteiger partial charge in [-0.2, -0.15) is 0 Å². The molecule has 0 radical (unpaired) electrons. The minimum atomic E-state index is -0.990. The molecule has 0 saturated carbocycles. The average Bonchev–Trinajstić information content (AvgIpc) is 2.79. The van der Waals surface area contributed by atoms with Gasteiger partial charge in [0.2, 0.25) is 0 Å². The van der Waals surface area contributed by atoms with Gasteiger partial charge in [0, 0.05) is 17.3 Å². The Kier molecular flexibility index (Phi) is 7.06. The largest absolute Gasteiger partial charge is 0.504 e. The number of phenols is 1. The minimum absolute atomic E-state index is 0.00306. The second-order valence-electron chi connectivity index (χ2n) is 6.74. The number of rotatable bonds is 7. The molecule has 158 valence electrons. The third-order valence-electron chi connectivity index (χ3n) is 4.55. The second kappa shape index (κ2) is 10.1. The monoisotopic (exact) mass is 417 g/mol. The van der Waals surface area contributed by atoms with E-state index in [0.29, 0.717) is 17.0 Å². The van der Waals surface area contributed by atoms with E-state index in [1.807, 2.05) is 48.5 Å². The molecule has 31 heavy (non-hydrogen) atoms. The molecule has 0 unspecified atom stereocenters. The Labute approximate surface area is 180 Å². The fourth-order valence-corrected chi connectivity index (χ4v) is 2.93. The number of esters is 1. The summed E-state index contributed by atoms with van der Waals surface area (Å²) in [5.74, 6) is -0.800. The fourth-order valence-electron chi connectivity index (χ4n) is 2.93. The highest BCUT2D eigenvalue weighted by molar-refractivity contribution is 5.99.